The number of nitriles is 1. The summed E-state index contributed by atoms with van der Waals surface area (Å²) in [4.78, 5) is 0. The summed E-state index contributed by atoms with van der Waals surface area (Å²) in [7, 11) is 0. The molecule has 0 aromatic heterocycles. The van der Waals surface area contributed by atoms with Gasteiger partial charge in [-0.2, -0.15) is 5.26 Å². The third-order valence-electron chi connectivity index (χ3n) is 5.16. The summed E-state index contributed by atoms with van der Waals surface area (Å²) < 4.78 is 6.03. The molecule has 0 N–H and O–H groups in total. The van der Waals surface area contributed by atoms with Crippen molar-refractivity contribution in [2.45, 2.75) is 31.3 Å². The van der Waals surface area contributed by atoms with Gasteiger partial charge < -0.3 is 4.74 Å². The highest BCUT2D eigenvalue weighted by atomic mass is 16.5. The Bertz CT molecular complexity index is 912. The number of fused-ring (bicyclic) bond motifs is 1. The molecule has 0 heterocycles. The van der Waals surface area contributed by atoms with Gasteiger partial charge in [-0.25, -0.2) is 0 Å². The van der Waals surface area contributed by atoms with E-state index in [4.69, 9.17) is 4.74 Å². The molecular formula is C24H21NO. The minimum atomic E-state index is -0.0202. The Kier molecular flexibility index (Phi) is 4.71. The predicted molar refractivity (Wildman–Crippen MR) is 103 cm³/mol. The molecule has 4 rings (SSSR count). The standard InChI is InChI=1S/C24H21NO/c25-16-20-11-13-22(19-9-5-2-6-10-19)24-15-21(12-14-23(20)24)26-17-18-7-3-1-4-8-18/h1-10,12,14-15,20,22H,11,13,17H2. The summed E-state index contributed by atoms with van der Waals surface area (Å²) in [6.45, 7) is 0.553. The Morgan fingerprint density at radius 2 is 1.58 bits per heavy atom. The number of ether oxygens (including phenoxy) is 1. The summed E-state index contributed by atoms with van der Waals surface area (Å²) in [5.41, 5.74) is 4.85. The minimum Gasteiger partial charge on any atom is -0.489 e. The van der Waals surface area contributed by atoms with E-state index in [0.29, 0.717) is 12.5 Å². The van der Waals surface area contributed by atoms with Crippen LogP contribution in [0.1, 0.15) is 46.9 Å². The van der Waals surface area contributed by atoms with Crippen molar-refractivity contribution in [3.63, 3.8) is 0 Å². The summed E-state index contributed by atoms with van der Waals surface area (Å²) in [6.07, 6.45) is 1.91. The van der Waals surface area contributed by atoms with E-state index in [1.807, 2.05) is 30.3 Å². The van der Waals surface area contributed by atoms with Gasteiger partial charge in [-0.05, 0) is 47.2 Å². The van der Waals surface area contributed by atoms with E-state index in [1.54, 1.807) is 0 Å². The molecular weight excluding hydrogens is 318 g/mol. The molecule has 0 aliphatic heterocycles. The Labute approximate surface area is 154 Å². The first kappa shape index (κ1) is 16.4. The maximum Gasteiger partial charge on any atom is 0.120 e. The molecule has 0 saturated carbocycles. The van der Waals surface area contributed by atoms with E-state index in [0.717, 1.165) is 29.7 Å². The van der Waals surface area contributed by atoms with E-state index < -0.39 is 0 Å². The summed E-state index contributed by atoms with van der Waals surface area (Å²) in [5, 5.41) is 9.53. The van der Waals surface area contributed by atoms with Gasteiger partial charge >= 0.3 is 0 Å². The second kappa shape index (κ2) is 7.45. The normalized spacial score (nSPS) is 18.6. The highest BCUT2D eigenvalue weighted by Crippen LogP contribution is 2.43. The van der Waals surface area contributed by atoms with Crippen molar-refractivity contribution in [1.29, 1.82) is 5.26 Å². The molecule has 3 aromatic carbocycles. The van der Waals surface area contributed by atoms with Gasteiger partial charge in [-0.1, -0.05) is 66.7 Å². The molecule has 128 valence electrons. The van der Waals surface area contributed by atoms with Gasteiger partial charge in [-0.15, -0.1) is 0 Å². The smallest absolute Gasteiger partial charge is 0.120 e. The second-order valence-corrected chi connectivity index (χ2v) is 6.79. The fourth-order valence-electron chi connectivity index (χ4n) is 3.81. The molecule has 2 heteroatoms. The molecule has 2 nitrogen and oxygen atoms in total. The van der Waals surface area contributed by atoms with Gasteiger partial charge in [0.15, 0.2) is 0 Å². The first-order valence-corrected chi connectivity index (χ1v) is 9.10. The van der Waals surface area contributed by atoms with E-state index >= 15 is 0 Å². The molecule has 1 aliphatic rings. The molecule has 1 aliphatic carbocycles. The zero-order valence-electron chi connectivity index (χ0n) is 14.6. The van der Waals surface area contributed by atoms with E-state index in [2.05, 4.69) is 54.6 Å². The van der Waals surface area contributed by atoms with Crippen molar-refractivity contribution < 1.29 is 4.74 Å². The summed E-state index contributed by atoms with van der Waals surface area (Å²) in [6, 6.07) is 29.4. The summed E-state index contributed by atoms with van der Waals surface area (Å²) in [5.74, 6) is 1.18. The maximum atomic E-state index is 9.53. The van der Waals surface area contributed by atoms with Crippen molar-refractivity contribution in [2.24, 2.45) is 0 Å². The van der Waals surface area contributed by atoms with Crippen molar-refractivity contribution in [1.82, 2.24) is 0 Å². The lowest BCUT2D eigenvalue weighted by Gasteiger charge is -2.29. The van der Waals surface area contributed by atoms with Gasteiger partial charge in [0.1, 0.15) is 12.4 Å². The van der Waals surface area contributed by atoms with Gasteiger partial charge in [-0.3, -0.25) is 0 Å². The van der Waals surface area contributed by atoms with Crippen LogP contribution in [0, 0.1) is 11.3 Å². The molecule has 0 amide bonds. The number of rotatable bonds is 4. The Morgan fingerprint density at radius 1 is 0.846 bits per heavy atom. The average Bonchev–Trinajstić information content (AvgIpc) is 2.72. The van der Waals surface area contributed by atoms with E-state index in [9.17, 15) is 5.26 Å². The third-order valence-corrected chi connectivity index (χ3v) is 5.16. The Morgan fingerprint density at radius 3 is 2.31 bits per heavy atom. The van der Waals surface area contributed by atoms with E-state index in [1.165, 1.54) is 11.1 Å². The molecule has 26 heavy (non-hydrogen) atoms. The van der Waals surface area contributed by atoms with Crippen molar-refractivity contribution in [3.05, 3.63) is 101 Å². The maximum absolute atomic E-state index is 9.53. The molecule has 0 spiro atoms. The Hall–Kier alpha value is -3.05. The van der Waals surface area contributed by atoms with E-state index in [-0.39, 0.29) is 5.92 Å². The minimum absolute atomic E-state index is 0.0202. The lowest BCUT2D eigenvalue weighted by molar-refractivity contribution is 0.305. The SMILES string of the molecule is N#CC1CCC(c2ccccc2)c2cc(OCc3ccccc3)ccc21. The number of benzene rings is 3. The second-order valence-electron chi connectivity index (χ2n) is 6.79. The largest absolute Gasteiger partial charge is 0.489 e. The first-order valence-electron chi connectivity index (χ1n) is 9.10. The monoisotopic (exact) mass is 339 g/mol. The molecule has 2 unspecified atom stereocenters. The fourth-order valence-corrected chi connectivity index (χ4v) is 3.81. The highest BCUT2D eigenvalue weighted by molar-refractivity contribution is 5.47. The zero-order chi connectivity index (χ0) is 17.8. The van der Waals surface area contributed by atoms with Crippen molar-refractivity contribution in [2.75, 3.05) is 0 Å². The van der Waals surface area contributed by atoms with Crippen molar-refractivity contribution in [3.8, 4) is 11.8 Å². The molecule has 0 fully saturated rings. The van der Waals surface area contributed by atoms with Crippen LogP contribution in [0.3, 0.4) is 0 Å². The van der Waals surface area contributed by atoms with Crippen molar-refractivity contribution >= 4 is 0 Å². The lowest BCUT2D eigenvalue weighted by atomic mass is 9.74. The molecule has 0 radical (unpaired) electrons. The van der Waals surface area contributed by atoms with Gasteiger partial charge in [0.05, 0.1) is 12.0 Å². The highest BCUT2D eigenvalue weighted by Gasteiger charge is 2.28. The molecule has 0 bridgehead atoms. The van der Waals surface area contributed by atoms with Gasteiger partial charge in [0, 0.05) is 5.92 Å². The van der Waals surface area contributed by atoms with Crippen LogP contribution in [-0.4, -0.2) is 0 Å². The van der Waals surface area contributed by atoms with Crippen LogP contribution in [0.25, 0.3) is 0 Å². The lowest BCUT2D eigenvalue weighted by Crippen LogP contribution is -2.15. The van der Waals surface area contributed by atoms with Gasteiger partial charge in [0.2, 0.25) is 0 Å². The molecule has 0 saturated heterocycles. The third kappa shape index (κ3) is 3.34. The molecule has 2 atom stereocenters. The predicted octanol–water partition coefficient (Wildman–Crippen LogP) is 5.80. The zero-order valence-corrected chi connectivity index (χ0v) is 14.6. The average molecular weight is 339 g/mol. The number of hydrogen-bond donors (Lipinski definition) is 0. The van der Waals surface area contributed by atoms with Crippen LogP contribution in [-0.2, 0) is 6.61 Å². The van der Waals surface area contributed by atoms with Crippen LogP contribution < -0.4 is 4.74 Å². The van der Waals surface area contributed by atoms with Crippen LogP contribution >= 0.6 is 0 Å². The number of hydrogen-bond acceptors (Lipinski definition) is 2. The Balaban J connectivity index is 1.65. The van der Waals surface area contributed by atoms with Gasteiger partial charge in [0.25, 0.3) is 0 Å². The van der Waals surface area contributed by atoms with Crippen LogP contribution in [0.15, 0.2) is 78.9 Å². The topological polar surface area (TPSA) is 33.0 Å². The van der Waals surface area contributed by atoms with Crippen LogP contribution in [0.2, 0.25) is 0 Å². The molecule has 3 aromatic rings. The first-order chi connectivity index (χ1) is 12.8. The van der Waals surface area contributed by atoms with Crippen LogP contribution in [0.4, 0.5) is 0 Å². The summed E-state index contributed by atoms with van der Waals surface area (Å²) >= 11 is 0. The van der Waals surface area contributed by atoms with Crippen LogP contribution in [0.5, 0.6) is 5.75 Å². The quantitative estimate of drug-likeness (QED) is 0.602. The number of nitrogens with zero attached hydrogens (tertiary/aromatic N) is 1. The fraction of sp³-hybridized carbons (Fsp3) is 0.208.